The second-order valence-electron chi connectivity index (χ2n) is 7.00. The second-order valence-corrected chi connectivity index (χ2v) is 8.17. The minimum absolute atomic E-state index is 0.0691. The molecule has 29 heavy (non-hydrogen) atoms. The van der Waals surface area contributed by atoms with Crippen LogP contribution in [0.2, 0.25) is 0 Å². The fraction of sp³-hybridized carbons (Fsp3) is 0.429. The topological polar surface area (TPSA) is 61.9 Å². The number of benzene rings is 1. The van der Waals surface area contributed by atoms with Crippen LogP contribution in [0.3, 0.4) is 0 Å². The minimum Gasteiger partial charge on any atom is -0.469 e. The Morgan fingerprint density at radius 2 is 1.90 bits per heavy atom. The van der Waals surface area contributed by atoms with Crippen molar-refractivity contribution in [2.24, 2.45) is 0 Å². The lowest BCUT2D eigenvalue weighted by atomic mass is 10.2. The van der Waals surface area contributed by atoms with Crippen LogP contribution in [0.5, 0.6) is 0 Å². The third-order valence-corrected chi connectivity index (χ3v) is 5.98. The zero-order valence-electron chi connectivity index (χ0n) is 16.5. The Morgan fingerprint density at radius 3 is 2.62 bits per heavy atom. The van der Waals surface area contributed by atoms with Gasteiger partial charge in [0.25, 0.3) is 0 Å². The molecule has 1 aliphatic rings. The standard InChI is InChI=1S/C21H26FN3O3S/c1-28-21(27)7-8-23-20(26)15-25-11-9-24(10-12-25)14-18-5-6-19(29-18)16-3-2-4-17(22)13-16/h2-6,13H,7-12,14-15H2,1H3,(H,23,26). The number of amides is 1. The van der Waals surface area contributed by atoms with Gasteiger partial charge in [-0.05, 0) is 29.8 Å². The van der Waals surface area contributed by atoms with Crippen molar-refractivity contribution in [2.45, 2.75) is 13.0 Å². The van der Waals surface area contributed by atoms with E-state index in [1.807, 2.05) is 12.1 Å². The van der Waals surface area contributed by atoms with Crippen molar-refractivity contribution in [3.8, 4) is 10.4 Å². The predicted molar refractivity (Wildman–Crippen MR) is 111 cm³/mol. The number of halogens is 1. The van der Waals surface area contributed by atoms with Gasteiger partial charge in [0, 0.05) is 49.0 Å². The van der Waals surface area contributed by atoms with Gasteiger partial charge in [0.05, 0.1) is 20.1 Å². The van der Waals surface area contributed by atoms with Crippen molar-refractivity contribution in [1.82, 2.24) is 15.1 Å². The van der Waals surface area contributed by atoms with Crippen LogP contribution in [-0.2, 0) is 20.9 Å². The average molecular weight is 420 g/mol. The molecule has 6 nitrogen and oxygen atoms in total. The molecule has 3 rings (SSSR count). The Kier molecular flexibility index (Phi) is 7.74. The summed E-state index contributed by atoms with van der Waals surface area (Å²) < 4.78 is 18.0. The molecule has 2 heterocycles. The first-order valence-corrected chi connectivity index (χ1v) is 10.5. The highest BCUT2D eigenvalue weighted by Gasteiger charge is 2.19. The zero-order valence-corrected chi connectivity index (χ0v) is 17.3. The molecule has 0 saturated carbocycles. The lowest BCUT2D eigenvalue weighted by Gasteiger charge is -2.34. The van der Waals surface area contributed by atoms with E-state index in [1.54, 1.807) is 23.5 Å². The Bertz CT molecular complexity index is 834. The summed E-state index contributed by atoms with van der Waals surface area (Å²) in [6, 6.07) is 10.8. The van der Waals surface area contributed by atoms with Crippen LogP contribution in [0.15, 0.2) is 36.4 Å². The van der Waals surface area contributed by atoms with Crippen LogP contribution < -0.4 is 5.32 Å². The van der Waals surface area contributed by atoms with Gasteiger partial charge in [-0.3, -0.25) is 19.4 Å². The molecule has 2 aromatic rings. The Hall–Kier alpha value is -2.29. The lowest BCUT2D eigenvalue weighted by molar-refractivity contribution is -0.140. The molecule has 0 atom stereocenters. The number of carbonyl (C=O) groups excluding carboxylic acids is 2. The molecule has 1 fully saturated rings. The number of piperazine rings is 1. The Morgan fingerprint density at radius 1 is 1.14 bits per heavy atom. The van der Waals surface area contributed by atoms with Crippen molar-refractivity contribution in [2.75, 3.05) is 46.4 Å². The zero-order chi connectivity index (χ0) is 20.6. The molecule has 8 heteroatoms. The third-order valence-electron chi connectivity index (χ3n) is 4.86. The maximum atomic E-state index is 13.4. The molecule has 0 aliphatic carbocycles. The van der Waals surface area contributed by atoms with Crippen LogP contribution >= 0.6 is 11.3 Å². The second kappa shape index (κ2) is 10.5. The monoisotopic (exact) mass is 419 g/mol. The molecule has 1 saturated heterocycles. The summed E-state index contributed by atoms with van der Waals surface area (Å²) in [7, 11) is 1.34. The maximum absolute atomic E-state index is 13.4. The third kappa shape index (κ3) is 6.62. The number of nitrogens with one attached hydrogen (secondary N) is 1. The quantitative estimate of drug-likeness (QED) is 0.666. The first-order chi connectivity index (χ1) is 14.0. The highest BCUT2D eigenvalue weighted by Crippen LogP contribution is 2.29. The normalized spacial score (nSPS) is 15.2. The van der Waals surface area contributed by atoms with E-state index < -0.39 is 0 Å². The van der Waals surface area contributed by atoms with Gasteiger partial charge in [-0.1, -0.05) is 12.1 Å². The number of rotatable bonds is 8. The molecule has 1 aliphatic heterocycles. The van der Waals surface area contributed by atoms with Gasteiger partial charge in [-0.15, -0.1) is 11.3 Å². The number of thiophene rings is 1. The lowest BCUT2D eigenvalue weighted by Crippen LogP contribution is -2.49. The summed E-state index contributed by atoms with van der Waals surface area (Å²) in [5.74, 6) is -0.615. The fourth-order valence-corrected chi connectivity index (χ4v) is 4.30. The molecular weight excluding hydrogens is 393 g/mol. The molecule has 0 bridgehead atoms. The summed E-state index contributed by atoms with van der Waals surface area (Å²) in [6.45, 7) is 4.94. The molecule has 0 unspecified atom stereocenters. The van der Waals surface area contributed by atoms with E-state index >= 15 is 0 Å². The van der Waals surface area contributed by atoms with E-state index in [0.717, 1.165) is 43.2 Å². The number of carbonyl (C=O) groups is 2. The van der Waals surface area contributed by atoms with Crippen LogP contribution in [0.1, 0.15) is 11.3 Å². The van der Waals surface area contributed by atoms with Crippen molar-refractivity contribution in [3.63, 3.8) is 0 Å². The van der Waals surface area contributed by atoms with Gasteiger partial charge in [0.15, 0.2) is 0 Å². The van der Waals surface area contributed by atoms with Gasteiger partial charge in [-0.25, -0.2) is 4.39 Å². The first kappa shape index (κ1) is 21.4. The highest BCUT2D eigenvalue weighted by molar-refractivity contribution is 7.15. The van der Waals surface area contributed by atoms with Crippen molar-refractivity contribution < 1.29 is 18.7 Å². The molecule has 156 valence electrons. The van der Waals surface area contributed by atoms with Crippen molar-refractivity contribution in [3.05, 3.63) is 47.1 Å². The summed E-state index contributed by atoms with van der Waals surface area (Å²) in [5, 5.41) is 2.75. The minimum atomic E-state index is -0.326. The first-order valence-electron chi connectivity index (χ1n) is 9.66. The smallest absolute Gasteiger partial charge is 0.307 e. The van der Waals surface area contributed by atoms with Crippen molar-refractivity contribution in [1.29, 1.82) is 0 Å². The number of methoxy groups -OCH3 is 1. The van der Waals surface area contributed by atoms with Gasteiger partial charge >= 0.3 is 5.97 Å². The number of esters is 1. The van der Waals surface area contributed by atoms with E-state index in [-0.39, 0.29) is 24.1 Å². The van der Waals surface area contributed by atoms with E-state index in [0.29, 0.717) is 13.1 Å². The molecule has 1 N–H and O–H groups in total. The van der Waals surface area contributed by atoms with Crippen LogP contribution in [0.4, 0.5) is 4.39 Å². The summed E-state index contributed by atoms with van der Waals surface area (Å²) in [6.07, 6.45) is 0.189. The number of nitrogens with zero attached hydrogens (tertiary/aromatic N) is 2. The molecule has 1 aromatic heterocycles. The number of hydrogen-bond donors (Lipinski definition) is 1. The Labute approximate surface area is 174 Å². The number of hydrogen-bond acceptors (Lipinski definition) is 6. The van der Waals surface area contributed by atoms with E-state index in [2.05, 4.69) is 25.9 Å². The summed E-state index contributed by atoms with van der Waals surface area (Å²) in [4.78, 5) is 29.8. The molecular formula is C21H26FN3O3S. The van der Waals surface area contributed by atoms with Crippen LogP contribution in [0, 0.1) is 5.82 Å². The van der Waals surface area contributed by atoms with Crippen LogP contribution in [-0.4, -0.2) is 68.1 Å². The average Bonchev–Trinajstić information content (AvgIpc) is 3.18. The molecule has 0 spiro atoms. The van der Waals surface area contributed by atoms with E-state index in [1.165, 1.54) is 18.1 Å². The largest absolute Gasteiger partial charge is 0.469 e. The number of ether oxygens (including phenoxy) is 1. The van der Waals surface area contributed by atoms with E-state index in [4.69, 9.17) is 0 Å². The van der Waals surface area contributed by atoms with Crippen LogP contribution in [0.25, 0.3) is 10.4 Å². The Balaban J connectivity index is 1.40. The summed E-state index contributed by atoms with van der Waals surface area (Å²) >= 11 is 1.69. The SMILES string of the molecule is COC(=O)CCNC(=O)CN1CCN(Cc2ccc(-c3cccc(F)c3)s2)CC1. The van der Waals surface area contributed by atoms with Gasteiger partial charge in [0.2, 0.25) is 5.91 Å². The van der Waals surface area contributed by atoms with Gasteiger partial charge < -0.3 is 10.1 Å². The predicted octanol–water partition coefficient (Wildman–Crippen LogP) is 2.35. The van der Waals surface area contributed by atoms with E-state index in [9.17, 15) is 14.0 Å². The van der Waals surface area contributed by atoms with Gasteiger partial charge in [0.1, 0.15) is 5.82 Å². The highest BCUT2D eigenvalue weighted by atomic mass is 32.1. The molecule has 1 amide bonds. The molecule has 0 radical (unpaired) electrons. The maximum Gasteiger partial charge on any atom is 0.307 e. The van der Waals surface area contributed by atoms with Gasteiger partial charge in [-0.2, -0.15) is 0 Å². The fourth-order valence-electron chi connectivity index (χ4n) is 3.25. The molecule has 1 aromatic carbocycles. The summed E-state index contributed by atoms with van der Waals surface area (Å²) in [5.41, 5.74) is 0.907. The van der Waals surface area contributed by atoms with Crippen molar-refractivity contribution >= 4 is 23.2 Å².